The highest BCUT2D eigenvalue weighted by atomic mass is 32.2. The van der Waals surface area contributed by atoms with Gasteiger partial charge in [0.05, 0.1) is 6.04 Å². The summed E-state index contributed by atoms with van der Waals surface area (Å²) in [7, 11) is -3.84. The Morgan fingerprint density at radius 2 is 2.27 bits per heavy atom. The van der Waals surface area contributed by atoms with Crippen LogP contribution in [0.2, 0.25) is 0 Å². The fraction of sp³-hybridized carbons (Fsp3) is 0.222. The van der Waals surface area contributed by atoms with Gasteiger partial charge in [0.2, 0.25) is 15.5 Å². The first-order valence-electron chi connectivity index (χ1n) is 4.13. The van der Waals surface area contributed by atoms with E-state index in [1.165, 1.54) is 13.1 Å². The van der Waals surface area contributed by atoms with Crippen LogP contribution in [-0.2, 0) is 10.0 Å². The Morgan fingerprint density at radius 1 is 1.60 bits per heavy atom. The normalized spacial score (nSPS) is 13.1. The molecule has 1 atom stereocenters. The highest BCUT2D eigenvalue weighted by Crippen LogP contribution is 2.00. The summed E-state index contributed by atoms with van der Waals surface area (Å²) in [4.78, 5) is 13.4. The highest BCUT2D eigenvalue weighted by Gasteiger charge is 2.18. The molecule has 80 valence electrons. The summed E-state index contributed by atoms with van der Waals surface area (Å²) in [6, 6.07) is 0.476. The van der Waals surface area contributed by atoms with Crippen LogP contribution in [0.25, 0.3) is 0 Å². The molecule has 0 amide bonds. The fourth-order valence-corrected chi connectivity index (χ4v) is 2.16. The molecule has 0 fully saturated rings. The van der Waals surface area contributed by atoms with E-state index in [9.17, 15) is 13.2 Å². The Morgan fingerprint density at radius 3 is 2.80 bits per heavy atom. The summed E-state index contributed by atoms with van der Waals surface area (Å²) in [5.74, 6) is 2.21. The minimum atomic E-state index is -3.84. The average Bonchev–Trinajstić information content (AvgIpc) is 2.17. The summed E-state index contributed by atoms with van der Waals surface area (Å²) >= 11 is 0. The number of aromatic amines is 1. The molecule has 2 N–H and O–H groups in total. The molecule has 1 aromatic rings. The van der Waals surface area contributed by atoms with E-state index in [1.807, 2.05) is 0 Å². The second kappa shape index (κ2) is 4.29. The summed E-state index contributed by atoms with van der Waals surface area (Å²) in [5, 5.41) is 0. The Bertz CT molecular complexity index is 539. The summed E-state index contributed by atoms with van der Waals surface area (Å²) in [5.41, 5.74) is -0.578. The van der Waals surface area contributed by atoms with Crippen molar-refractivity contribution in [1.29, 1.82) is 0 Å². The van der Waals surface area contributed by atoms with Gasteiger partial charge in [-0.1, -0.05) is 5.92 Å². The van der Waals surface area contributed by atoms with Gasteiger partial charge in [0, 0.05) is 18.5 Å². The molecule has 1 aromatic heterocycles. The standard InChI is InChI=1S/C9H10N2O3S/c1-3-7(2)11-15(13,14)9-6-10-5-4-8(9)12/h1,4-7,11H,2H3,(H,10,12). The predicted octanol–water partition coefficient (Wildman–Crippen LogP) is -0.325. The molecule has 1 rings (SSSR count). The van der Waals surface area contributed by atoms with E-state index < -0.39 is 21.5 Å². The van der Waals surface area contributed by atoms with Crippen LogP contribution in [0.1, 0.15) is 6.92 Å². The molecule has 1 unspecified atom stereocenters. The number of rotatable bonds is 3. The molecular formula is C9H10N2O3S. The second-order valence-electron chi connectivity index (χ2n) is 2.88. The Labute approximate surface area is 87.6 Å². The lowest BCUT2D eigenvalue weighted by molar-refractivity contribution is 0.576. The molecule has 5 nitrogen and oxygen atoms in total. The lowest BCUT2D eigenvalue weighted by Crippen LogP contribution is -2.34. The topological polar surface area (TPSA) is 79.0 Å². The van der Waals surface area contributed by atoms with E-state index in [1.54, 1.807) is 0 Å². The molecule has 15 heavy (non-hydrogen) atoms. The van der Waals surface area contributed by atoms with E-state index in [-0.39, 0.29) is 4.90 Å². The Hall–Kier alpha value is -1.58. The number of sulfonamides is 1. The third-order valence-corrected chi connectivity index (χ3v) is 3.22. The first-order valence-corrected chi connectivity index (χ1v) is 5.61. The SMILES string of the molecule is C#CC(C)NS(=O)(=O)c1c[nH]ccc1=O. The van der Waals surface area contributed by atoms with Crippen LogP contribution in [0.5, 0.6) is 0 Å². The lowest BCUT2D eigenvalue weighted by Gasteiger charge is -2.07. The fourth-order valence-electron chi connectivity index (χ4n) is 0.941. The maximum absolute atomic E-state index is 11.6. The minimum Gasteiger partial charge on any atom is -0.366 e. The number of aromatic nitrogens is 1. The third kappa shape index (κ3) is 2.68. The van der Waals surface area contributed by atoms with Crippen molar-refractivity contribution >= 4 is 10.0 Å². The van der Waals surface area contributed by atoms with Gasteiger partial charge in [0.25, 0.3) is 0 Å². The largest absolute Gasteiger partial charge is 0.366 e. The molecule has 0 aliphatic carbocycles. The zero-order chi connectivity index (χ0) is 11.5. The molecule has 1 heterocycles. The van der Waals surface area contributed by atoms with Crippen LogP contribution >= 0.6 is 0 Å². The van der Waals surface area contributed by atoms with Gasteiger partial charge >= 0.3 is 0 Å². The van der Waals surface area contributed by atoms with Crippen molar-refractivity contribution in [1.82, 2.24) is 9.71 Å². The van der Waals surface area contributed by atoms with Crippen molar-refractivity contribution in [3.05, 3.63) is 28.7 Å². The zero-order valence-electron chi connectivity index (χ0n) is 8.02. The lowest BCUT2D eigenvalue weighted by atomic mass is 10.4. The molecule has 0 aromatic carbocycles. The van der Waals surface area contributed by atoms with Gasteiger partial charge in [0.15, 0.2) is 0 Å². The van der Waals surface area contributed by atoms with Crippen LogP contribution in [0.3, 0.4) is 0 Å². The number of hydrogen-bond acceptors (Lipinski definition) is 3. The van der Waals surface area contributed by atoms with E-state index in [2.05, 4.69) is 15.6 Å². The van der Waals surface area contributed by atoms with Crippen LogP contribution < -0.4 is 10.2 Å². The van der Waals surface area contributed by atoms with Crippen LogP contribution in [0, 0.1) is 12.3 Å². The van der Waals surface area contributed by atoms with Crippen molar-refractivity contribution in [2.75, 3.05) is 0 Å². The monoisotopic (exact) mass is 226 g/mol. The molecule has 0 spiro atoms. The smallest absolute Gasteiger partial charge is 0.246 e. The maximum atomic E-state index is 11.6. The van der Waals surface area contributed by atoms with Crippen molar-refractivity contribution in [3.8, 4) is 12.3 Å². The number of H-pyrrole nitrogens is 1. The summed E-state index contributed by atoms with van der Waals surface area (Å²) < 4.78 is 25.4. The van der Waals surface area contributed by atoms with E-state index in [0.29, 0.717) is 0 Å². The van der Waals surface area contributed by atoms with Crippen LogP contribution in [0.4, 0.5) is 0 Å². The van der Waals surface area contributed by atoms with E-state index >= 15 is 0 Å². The van der Waals surface area contributed by atoms with Crippen molar-refractivity contribution in [2.45, 2.75) is 17.9 Å². The van der Waals surface area contributed by atoms with Gasteiger partial charge in [-0.3, -0.25) is 4.79 Å². The van der Waals surface area contributed by atoms with Gasteiger partial charge in [-0.2, -0.15) is 4.72 Å². The first-order chi connectivity index (χ1) is 6.97. The first kappa shape index (κ1) is 11.5. The second-order valence-corrected chi connectivity index (χ2v) is 4.56. The molecular weight excluding hydrogens is 216 g/mol. The maximum Gasteiger partial charge on any atom is 0.246 e. The highest BCUT2D eigenvalue weighted by molar-refractivity contribution is 7.89. The molecule has 0 saturated carbocycles. The van der Waals surface area contributed by atoms with E-state index in [4.69, 9.17) is 6.42 Å². The number of terminal acetylenes is 1. The molecule has 0 saturated heterocycles. The molecule has 0 aliphatic heterocycles. The Kier molecular flexibility index (Phi) is 3.29. The van der Waals surface area contributed by atoms with Gasteiger partial charge in [0.1, 0.15) is 4.90 Å². The van der Waals surface area contributed by atoms with E-state index in [0.717, 1.165) is 12.3 Å². The number of pyridine rings is 1. The van der Waals surface area contributed by atoms with Crippen molar-refractivity contribution in [2.24, 2.45) is 0 Å². The van der Waals surface area contributed by atoms with Gasteiger partial charge in [-0.25, -0.2) is 8.42 Å². The average molecular weight is 226 g/mol. The molecule has 0 bridgehead atoms. The van der Waals surface area contributed by atoms with Gasteiger partial charge in [-0.05, 0) is 6.92 Å². The zero-order valence-corrected chi connectivity index (χ0v) is 8.84. The van der Waals surface area contributed by atoms with Gasteiger partial charge in [-0.15, -0.1) is 6.42 Å². The third-order valence-electron chi connectivity index (χ3n) is 1.66. The van der Waals surface area contributed by atoms with Gasteiger partial charge < -0.3 is 4.98 Å². The molecule has 0 radical (unpaired) electrons. The number of hydrogen-bond donors (Lipinski definition) is 2. The number of nitrogens with one attached hydrogen (secondary N) is 2. The Balaban J connectivity index is 3.15. The summed E-state index contributed by atoms with van der Waals surface area (Å²) in [6.45, 7) is 1.51. The molecule has 6 heteroatoms. The van der Waals surface area contributed by atoms with Crippen molar-refractivity contribution in [3.63, 3.8) is 0 Å². The van der Waals surface area contributed by atoms with Crippen molar-refractivity contribution < 1.29 is 8.42 Å². The quantitative estimate of drug-likeness (QED) is 0.693. The summed E-state index contributed by atoms with van der Waals surface area (Å²) in [6.07, 6.45) is 7.50. The predicted molar refractivity (Wildman–Crippen MR) is 55.7 cm³/mol. The molecule has 0 aliphatic rings. The van der Waals surface area contributed by atoms with Crippen LogP contribution in [-0.4, -0.2) is 19.4 Å². The van der Waals surface area contributed by atoms with Crippen LogP contribution in [0.15, 0.2) is 28.2 Å². The minimum absolute atomic E-state index is 0.341.